The molecule has 0 bridgehead atoms. The summed E-state index contributed by atoms with van der Waals surface area (Å²) >= 11 is 0. The molecule has 1 aromatic carbocycles. The van der Waals surface area contributed by atoms with E-state index >= 15 is 0 Å². The van der Waals surface area contributed by atoms with Crippen molar-refractivity contribution in [3.05, 3.63) is 35.1 Å². The van der Waals surface area contributed by atoms with E-state index < -0.39 is 17.6 Å². The fourth-order valence-electron chi connectivity index (χ4n) is 3.26. The van der Waals surface area contributed by atoms with Gasteiger partial charge in [0.15, 0.2) is 5.96 Å². The molecule has 1 heterocycles. The SMILES string of the molecule is CCN1CCN(C(C)CNC(=NC)NCc2ccc(F)cc2C(F)(F)F)CC1. The predicted molar refractivity (Wildman–Crippen MR) is 103 cm³/mol. The van der Waals surface area contributed by atoms with Crippen LogP contribution in [0.2, 0.25) is 0 Å². The van der Waals surface area contributed by atoms with Crippen molar-refractivity contribution in [2.24, 2.45) is 4.99 Å². The van der Waals surface area contributed by atoms with Crippen molar-refractivity contribution in [1.82, 2.24) is 20.4 Å². The Morgan fingerprint density at radius 2 is 1.86 bits per heavy atom. The maximum Gasteiger partial charge on any atom is 0.416 e. The average molecular weight is 403 g/mol. The highest BCUT2D eigenvalue weighted by molar-refractivity contribution is 5.79. The molecule has 5 nitrogen and oxygen atoms in total. The van der Waals surface area contributed by atoms with Gasteiger partial charge in [-0.25, -0.2) is 4.39 Å². The van der Waals surface area contributed by atoms with Crippen LogP contribution in [0.4, 0.5) is 17.6 Å². The predicted octanol–water partition coefficient (Wildman–Crippen LogP) is 2.54. The minimum atomic E-state index is -4.61. The summed E-state index contributed by atoms with van der Waals surface area (Å²) in [5.41, 5.74) is -1.00. The molecular weight excluding hydrogens is 374 g/mol. The Morgan fingerprint density at radius 3 is 2.43 bits per heavy atom. The van der Waals surface area contributed by atoms with Gasteiger partial charge in [0, 0.05) is 52.4 Å². The first kappa shape index (κ1) is 22.4. The molecule has 1 saturated heterocycles. The highest BCUT2D eigenvalue weighted by Gasteiger charge is 2.33. The summed E-state index contributed by atoms with van der Waals surface area (Å²) in [7, 11) is 1.56. The molecule has 1 atom stereocenters. The van der Waals surface area contributed by atoms with Gasteiger partial charge in [0.2, 0.25) is 0 Å². The number of nitrogens with one attached hydrogen (secondary N) is 2. The van der Waals surface area contributed by atoms with Crippen molar-refractivity contribution < 1.29 is 17.6 Å². The number of piperazine rings is 1. The second kappa shape index (κ2) is 10.1. The van der Waals surface area contributed by atoms with Crippen molar-refractivity contribution >= 4 is 5.96 Å². The molecule has 1 aliphatic rings. The number of aliphatic imine (C=N–C) groups is 1. The molecule has 158 valence electrons. The van der Waals surface area contributed by atoms with Gasteiger partial charge < -0.3 is 15.5 Å². The van der Waals surface area contributed by atoms with E-state index in [1.807, 2.05) is 0 Å². The Labute approximate surface area is 163 Å². The first-order valence-corrected chi connectivity index (χ1v) is 9.51. The number of rotatable bonds is 6. The summed E-state index contributed by atoms with van der Waals surface area (Å²) in [5, 5.41) is 6.04. The summed E-state index contributed by atoms with van der Waals surface area (Å²) in [4.78, 5) is 8.85. The molecule has 0 radical (unpaired) electrons. The van der Waals surface area contributed by atoms with Crippen LogP contribution >= 0.6 is 0 Å². The summed E-state index contributed by atoms with van der Waals surface area (Å²) in [5.74, 6) is -0.493. The average Bonchev–Trinajstić information content (AvgIpc) is 2.68. The number of hydrogen-bond donors (Lipinski definition) is 2. The molecule has 2 rings (SSSR count). The fraction of sp³-hybridized carbons (Fsp3) is 0.632. The van der Waals surface area contributed by atoms with Gasteiger partial charge in [-0.1, -0.05) is 13.0 Å². The van der Waals surface area contributed by atoms with E-state index in [2.05, 4.69) is 39.3 Å². The van der Waals surface area contributed by atoms with Crippen molar-refractivity contribution in [1.29, 1.82) is 0 Å². The quantitative estimate of drug-likeness (QED) is 0.435. The number of likely N-dealkylation sites (N-methyl/N-ethyl adjacent to an activating group) is 1. The number of halogens is 4. The normalized spacial score (nSPS) is 18.2. The Hall–Kier alpha value is -1.87. The zero-order chi connectivity index (χ0) is 20.7. The van der Waals surface area contributed by atoms with Gasteiger partial charge in [-0.2, -0.15) is 13.2 Å². The van der Waals surface area contributed by atoms with Gasteiger partial charge in [0.05, 0.1) is 5.56 Å². The number of benzene rings is 1. The maximum absolute atomic E-state index is 13.2. The summed E-state index contributed by atoms with van der Waals surface area (Å²) in [6, 6.07) is 2.97. The van der Waals surface area contributed by atoms with E-state index in [-0.39, 0.29) is 18.2 Å². The van der Waals surface area contributed by atoms with Crippen LogP contribution in [0.15, 0.2) is 23.2 Å². The van der Waals surface area contributed by atoms with E-state index in [1.165, 1.54) is 0 Å². The van der Waals surface area contributed by atoms with Crippen LogP contribution < -0.4 is 10.6 Å². The minimum Gasteiger partial charge on any atom is -0.355 e. The number of nitrogens with zero attached hydrogens (tertiary/aromatic N) is 3. The molecule has 0 aromatic heterocycles. The highest BCUT2D eigenvalue weighted by atomic mass is 19.4. The van der Waals surface area contributed by atoms with E-state index in [4.69, 9.17) is 0 Å². The molecule has 1 unspecified atom stereocenters. The number of alkyl halides is 3. The Morgan fingerprint density at radius 1 is 1.18 bits per heavy atom. The van der Waals surface area contributed by atoms with Gasteiger partial charge in [0.25, 0.3) is 0 Å². The van der Waals surface area contributed by atoms with Crippen LogP contribution in [0.25, 0.3) is 0 Å². The Kier molecular flexibility index (Phi) is 8.06. The van der Waals surface area contributed by atoms with E-state index in [0.717, 1.165) is 44.9 Å². The molecule has 0 aliphatic carbocycles. The number of hydrogen-bond acceptors (Lipinski definition) is 3. The zero-order valence-electron chi connectivity index (χ0n) is 16.6. The molecule has 1 fully saturated rings. The third kappa shape index (κ3) is 6.34. The second-order valence-electron chi connectivity index (χ2n) is 6.93. The lowest BCUT2D eigenvalue weighted by atomic mass is 10.1. The van der Waals surface area contributed by atoms with Gasteiger partial charge in [-0.15, -0.1) is 0 Å². The fourth-order valence-corrected chi connectivity index (χ4v) is 3.26. The lowest BCUT2D eigenvalue weighted by Gasteiger charge is -2.37. The van der Waals surface area contributed by atoms with Gasteiger partial charge in [-0.3, -0.25) is 9.89 Å². The van der Waals surface area contributed by atoms with Gasteiger partial charge in [0.1, 0.15) is 5.82 Å². The van der Waals surface area contributed by atoms with Crippen LogP contribution in [-0.4, -0.2) is 68.1 Å². The molecule has 1 aliphatic heterocycles. The third-order valence-corrected chi connectivity index (χ3v) is 5.09. The smallest absolute Gasteiger partial charge is 0.355 e. The van der Waals surface area contributed by atoms with Gasteiger partial charge in [-0.05, 0) is 31.2 Å². The Balaban J connectivity index is 1.87. The van der Waals surface area contributed by atoms with E-state index in [0.29, 0.717) is 18.6 Å². The van der Waals surface area contributed by atoms with Crippen molar-refractivity contribution in [3.8, 4) is 0 Å². The highest BCUT2D eigenvalue weighted by Crippen LogP contribution is 2.32. The molecule has 0 saturated carbocycles. The topological polar surface area (TPSA) is 42.9 Å². The molecule has 28 heavy (non-hydrogen) atoms. The second-order valence-corrected chi connectivity index (χ2v) is 6.93. The molecule has 0 amide bonds. The molecule has 0 spiro atoms. The first-order chi connectivity index (χ1) is 13.2. The number of guanidine groups is 1. The minimum absolute atomic E-state index is 0.0272. The Bertz CT molecular complexity index is 654. The van der Waals surface area contributed by atoms with Gasteiger partial charge >= 0.3 is 6.18 Å². The van der Waals surface area contributed by atoms with Crippen molar-refractivity contribution in [2.45, 2.75) is 32.6 Å². The standard InChI is InChI=1S/C19H29F4N5/c1-4-27-7-9-28(10-8-27)14(2)12-25-18(24-3)26-13-15-5-6-16(20)11-17(15)19(21,22)23/h5-6,11,14H,4,7-10,12-13H2,1-3H3,(H2,24,25,26). The van der Waals surface area contributed by atoms with Crippen LogP contribution in [0.3, 0.4) is 0 Å². The molecule has 1 aromatic rings. The van der Waals surface area contributed by atoms with Crippen LogP contribution in [0, 0.1) is 5.82 Å². The monoisotopic (exact) mass is 403 g/mol. The van der Waals surface area contributed by atoms with Crippen LogP contribution in [0.1, 0.15) is 25.0 Å². The van der Waals surface area contributed by atoms with Crippen LogP contribution in [0.5, 0.6) is 0 Å². The molecule has 2 N–H and O–H groups in total. The lowest BCUT2D eigenvalue weighted by molar-refractivity contribution is -0.138. The zero-order valence-corrected chi connectivity index (χ0v) is 16.6. The molecular formula is C19H29F4N5. The lowest BCUT2D eigenvalue weighted by Crippen LogP contribution is -2.53. The maximum atomic E-state index is 13.2. The molecule has 9 heteroatoms. The largest absolute Gasteiger partial charge is 0.416 e. The van der Waals surface area contributed by atoms with Crippen LogP contribution in [-0.2, 0) is 12.7 Å². The summed E-state index contributed by atoms with van der Waals surface area (Å²) in [6.45, 7) is 9.92. The summed E-state index contributed by atoms with van der Waals surface area (Å²) in [6.07, 6.45) is -4.61. The van der Waals surface area contributed by atoms with Crippen molar-refractivity contribution in [3.63, 3.8) is 0 Å². The first-order valence-electron chi connectivity index (χ1n) is 9.51. The van der Waals surface area contributed by atoms with Crippen molar-refractivity contribution in [2.75, 3.05) is 46.3 Å². The van der Waals surface area contributed by atoms with E-state index in [9.17, 15) is 17.6 Å². The third-order valence-electron chi connectivity index (χ3n) is 5.09. The van der Waals surface area contributed by atoms with E-state index in [1.54, 1.807) is 7.05 Å². The summed E-state index contributed by atoms with van der Waals surface area (Å²) < 4.78 is 52.5.